The fraction of sp³-hybridized carbons (Fsp3) is 0.125. The first-order valence-electron chi connectivity index (χ1n) is 3.78. The molecule has 2 rings (SSSR count). The predicted octanol–water partition coefficient (Wildman–Crippen LogP) is 1.29. The van der Waals surface area contributed by atoms with Gasteiger partial charge in [0.15, 0.2) is 0 Å². The summed E-state index contributed by atoms with van der Waals surface area (Å²) in [6.45, 7) is 1.94. The van der Waals surface area contributed by atoms with Crippen LogP contribution in [0.4, 0.5) is 5.95 Å². The van der Waals surface area contributed by atoms with Crippen LogP contribution < -0.4 is 11.6 Å². The number of nitrogens with zero attached hydrogens (tertiary/aromatic N) is 2. The molecule has 1 heterocycles. The third kappa shape index (κ3) is 1.10. The van der Waals surface area contributed by atoms with Crippen LogP contribution in [0.15, 0.2) is 12.1 Å². The molecule has 13 heavy (non-hydrogen) atoms. The van der Waals surface area contributed by atoms with Crippen molar-refractivity contribution in [2.45, 2.75) is 6.92 Å². The molecule has 0 atom stereocenters. The van der Waals surface area contributed by atoms with E-state index in [0.717, 1.165) is 11.1 Å². The predicted molar refractivity (Wildman–Crippen MR) is 54.0 cm³/mol. The Hall–Kier alpha value is -1.42. The summed E-state index contributed by atoms with van der Waals surface area (Å²) in [5.41, 5.74) is 7.98. The zero-order valence-corrected chi connectivity index (χ0v) is 7.84. The second-order valence-corrected chi connectivity index (χ2v) is 3.36. The molecular formula is C8H9ClN4. The number of halogens is 1. The van der Waals surface area contributed by atoms with Crippen molar-refractivity contribution in [3.8, 4) is 0 Å². The first-order valence-corrected chi connectivity index (χ1v) is 4.16. The lowest BCUT2D eigenvalue weighted by Gasteiger charge is -1.99. The molecule has 1 aromatic heterocycles. The van der Waals surface area contributed by atoms with E-state index in [1.165, 1.54) is 4.68 Å². The molecule has 0 spiro atoms. The number of fused-ring (bicyclic) bond motifs is 1. The zero-order valence-electron chi connectivity index (χ0n) is 7.08. The van der Waals surface area contributed by atoms with E-state index < -0.39 is 0 Å². The summed E-state index contributed by atoms with van der Waals surface area (Å²) in [5.74, 6) is 5.90. The van der Waals surface area contributed by atoms with Crippen LogP contribution in [0.3, 0.4) is 0 Å². The Morgan fingerprint density at radius 3 is 2.85 bits per heavy atom. The molecule has 0 fully saturated rings. The first kappa shape index (κ1) is 8.19. The van der Waals surface area contributed by atoms with Gasteiger partial charge in [0.05, 0.1) is 10.5 Å². The van der Waals surface area contributed by atoms with E-state index in [-0.39, 0.29) is 5.95 Å². The van der Waals surface area contributed by atoms with Crippen LogP contribution in [0.5, 0.6) is 0 Å². The fourth-order valence-corrected chi connectivity index (χ4v) is 1.69. The maximum atomic E-state index is 5.98. The fourth-order valence-electron chi connectivity index (χ4n) is 1.33. The largest absolute Gasteiger partial charge is 0.368 e. The van der Waals surface area contributed by atoms with Gasteiger partial charge in [0.1, 0.15) is 5.52 Å². The van der Waals surface area contributed by atoms with E-state index in [0.29, 0.717) is 10.5 Å². The first-order chi connectivity index (χ1) is 6.09. The van der Waals surface area contributed by atoms with E-state index >= 15 is 0 Å². The molecule has 68 valence electrons. The van der Waals surface area contributed by atoms with Crippen molar-refractivity contribution >= 4 is 28.6 Å². The van der Waals surface area contributed by atoms with Gasteiger partial charge in [-0.3, -0.25) is 0 Å². The highest BCUT2D eigenvalue weighted by atomic mass is 35.5. The van der Waals surface area contributed by atoms with Gasteiger partial charge in [0.2, 0.25) is 5.95 Å². The lowest BCUT2D eigenvalue weighted by molar-refractivity contribution is 1.06. The van der Waals surface area contributed by atoms with Gasteiger partial charge in [-0.15, -0.1) is 0 Å². The number of hydrogen-bond donors (Lipinski definition) is 2. The molecular weight excluding hydrogens is 188 g/mol. The van der Waals surface area contributed by atoms with Crippen molar-refractivity contribution < 1.29 is 0 Å². The molecule has 0 aliphatic heterocycles. The average molecular weight is 197 g/mol. The Labute approximate surface area is 80.1 Å². The number of nitrogen functional groups attached to an aromatic ring is 2. The maximum absolute atomic E-state index is 5.98. The number of aryl methyl sites for hydroxylation is 1. The van der Waals surface area contributed by atoms with Crippen LogP contribution in [-0.2, 0) is 0 Å². The minimum atomic E-state index is 0.266. The number of nitrogens with two attached hydrogens (primary N) is 2. The summed E-state index contributed by atoms with van der Waals surface area (Å²) >= 11 is 5.98. The van der Waals surface area contributed by atoms with Gasteiger partial charge in [0.25, 0.3) is 0 Å². The summed E-state index contributed by atoms with van der Waals surface area (Å²) in [6.07, 6.45) is 0. The zero-order chi connectivity index (χ0) is 9.59. The number of rotatable bonds is 0. The molecule has 0 saturated carbocycles. The van der Waals surface area contributed by atoms with Crippen molar-refractivity contribution in [1.29, 1.82) is 0 Å². The van der Waals surface area contributed by atoms with Crippen LogP contribution >= 0.6 is 11.6 Å². The van der Waals surface area contributed by atoms with Crippen LogP contribution in [0.25, 0.3) is 11.0 Å². The van der Waals surface area contributed by atoms with Gasteiger partial charge in [-0.2, -0.15) is 0 Å². The van der Waals surface area contributed by atoms with Crippen LogP contribution in [0, 0.1) is 6.92 Å². The Balaban J connectivity index is 2.94. The molecule has 0 saturated heterocycles. The summed E-state index contributed by atoms with van der Waals surface area (Å²) in [4.78, 5) is 4.07. The van der Waals surface area contributed by atoms with E-state index in [9.17, 15) is 0 Å². The highest BCUT2D eigenvalue weighted by Gasteiger charge is 2.09. The molecule has 0 unspecified atom stereocenters. The third-order valence-corrected chi connectivity index (χ3v) is 2.20. The van der Waals surface area contributed by atoms with E-state index in [1.807, 2.05) is 19.1 Å². The van der Waals surface area contributed by atoms with Crippen LogP contribution in [0.1, 0.15) is 5.56 Å². The molecule has 4 nitrogen and oxygen atoms in total. The van der Waals surface area contributed by atoms with Gasteiger partial charge in [0, 0.05) is 0 Å². The standard InChI is InChI=1S/C8H9ClN4/c1-4-2-5(9)7-6(3-4)12-8(10)13(7)11/h2-3H,11H2,1H3,(H2,10,12). The average Bonchev–Trinajstić information content (AvgIpc) is 2.27. The maximum Gasteiger partial charge on any atom is 0.220 e. The van der Waals surface area contributed by atoms with Crippen LogP contribution in [-0.4, -0.2) is 9.66 Å². The lowest BCUT2D eigenvalue weighted by Crippen LogP contribution is -2.11. The smallest absolute Gasteiger partial charge is 0.220 e. The number of anilines is 1. The Morgan fingerprint density at radius 2 is 2.15 bits per heavy atom. The van der Waals surface area contributed by atoms with Gasteiger partial charge >= 0.3 is 0 Å². The van der Waals surface area contributed by atoms with Crippen molar-refractivity contribution in [3.63, 3.8) is 0 Å². The summed E-state index contributed by atoms with van der Waals surface area (Å²) < 4.78 is 1.29. The number of aromatic nitrogens is 2. The molecule has 0 aliphatic rings. The van der Waals surface area contributed by atoms with E-state index in [4.69, 9.17) is 23.2 Å². The highest BCUT2D eigenvalue weighted by molar-refractivity contribution is 6.35. The minimum Gasteiger partial charge on any atom is -0.368 e. The van der Waals surface area contributed by atoms with Crippen molar-refractivity contribution in [3.05, 3.63) is 22.7 Å². The van der Waals surface area contributed by atoms with Gasteiger partial charge in [-0.05, 0) is 24.6 Å². The molecule has 0 bridgehead atoms. The third-order valence-electron chi connectivity index (χ3n) is 1.91. The molecule has 4 N–H and O–H groups in total. The quantitative estimate of drug-likeness (QED) is 0.624. The van der Waals surface area contributed by atoms with Crippen molar-refractivity contribution in [2.75, 3.05) is 11.6 Å². The SMILES string of the molecule is Cc1cc(Cl)c2c(c1)nc(N)n2N. The van der Waals surface area contributed by atoms with Gasteiger partial charge in [-0.1, -0.05) is 11.6 Å². The van der Waals surface area contributed by atoms with Crippen molar-refractivity contribution in [2.24, 2.45) is 0 Å². The van der Waals surface area contributed by atoms with Crippen molar-refractivity contribution in [1.82, 2.24) is 9.66 Å². The molecule has 0 aliphatic carbocycles. The number of imidazole rings is 1. The molecule has 0 radical (unpaired) electrons. The summed E-state index contributed by atoms with van der Waals surface area (Å²) in [6, 6.07) is 3.72. The Kier molecular flexibility index (Phi) is 1.60. The summed E-state index contributed by atoms with van der Waals surface area (Å²) in [7, 11) is 0. The molecule has 2 aromatic rings. The van der Waals surface area contributed by atoms with E-state index in [2.05, 4.69) is 4.98 Å². The number of benzene rings is 1. The molecule has 1 aromatic carbocycles. The minimum absolute atomic E-state index is 0.266. The van der Waals surface area contributed by atoms with Crippen LogP contribution in [0.2, 0.25) is 5.02 Å². The second kappa shape index (κ2) is 2.53. The Bertz CT molecular complexity index is 474. The lowest BCUT2D eigenvalue weighted by atomic mass is 10.2. The van der Waals surface area contributed by atoms with E-state index in [1.54, 1.807) is 0 Å². The monoisotopic (exact) mass is 196 g/mol. The molecule has 0 amide bonds. The second-order valence-electron chi connectivity index (χ2n) is 2.95. The normalized spacial score (nSPS) is 10.9. The van der Waals surface area contributed by atoms with Gasteiger partial charge < -0.3 is 11.6 Å². The topological polar surface area (TPSA) is 69.9 Å². The van der Waals surface area contributed by atoms with Gasteiger partial charge in [-0.25, -0.2) is 9.66 Å². The Morgan fingerprint density at radius 1 is 1.46 bits per heavy atom. The summed E-state index contributed by atoms with van der Waals surface area (Å²) in [5, 5.41) is 0.571. The molecule has 5 heteroatoms. The number of hydrogen-bond acceptors (Lipinski definition) is 3. The highest BCUT2D eigenvalue weighted by Crippen LogP contribution is 2.25.